The van der Waals surface area contributed by atoms with Crippen molar-refractivity contribution in [3.05, 3.63) is 24.3 Å². The van der Waals surface area contributed by atoms with Crippen molar-refractivity contribution in [2.45, 2.75) is 309 Å². The maximum absolute atomic E-state index is 12.8. The van der Waals surface area contributed by atoms with Gasteiger partial charge in [0, 0.05) is 19.3 Å². The minimum absolute atomic E-state index is 0.0738. The fourth-order valence-corrected chi connectivity index (χ4v) is 8.20. The van der Waals surface area contributed by atoms with Gasteiger partial charge in [-0.25, -0.2) is 0 Å². The SMILES string of the molecule is CCCCCCCCCCC/C=C\CCCCCCCC(=O)OCC(COC(=O)CCCCCCCCCCC)OC(=O)CCCCCCC/C=C\CCCCCCCCCCC. The van der Waals surface area contributed by atoms with E-state index in [-0.39, 0.29) is 31.1 Å². The third-order valence-electron chi connectivity index (χ3n) is 12.4. The second kappa shape index (κ2) is 52.5. The molecule has 0 heterocycles. The van der Waals surface area contributed by atoms with Gasteiger partial charge in [0.15, 0.2) is 6.10 Å². The Hall–Kier alpha value is -2.11. The van der Waals surface area contributed by atoms with E-state index in [2.05, 4.69) is 45.1 Å². The molecule has 1 atom stereocenters. The molecular formula is C57H106O6. The molecule has 370 valence electrons. The van der Waals surface area contributed by atoms with E-state index in [4.69, 9.17) is 14.2 Å². The summed E-state index contributed by atoms with van der Waals surface area (Å²) in [5.41, 5.74) is 0. The van der Waals surface area contributed by atoms with E-state index in [1.54, 1.807) is 0 Å². The number of rotatable bonds is 51. The Morgan fingerprint density at radius 2 is 0.524 bits per heavy atom. The summed E-state index contributed by atoms with van der Waals surface area (Å²) in [7, 11) is 0. The molecule has 6 nitrogen and oxygen atoms in total. The van der Waals surface area contributed by atoms with Gasteiger partial charge in [0.1, 0.15) is 13.2 Å². The van der Waals surface area contributed by atoms with Gasteiger partial charge in [-0.15, -0.1) is 0 Å². The number of carbonyl (C=O) groups is 3. The lowest BCUT2D eigenvalue weighted by Gasteiger charge is -2.18. The van der Waals surface area contributed by atoms with Crippen molar-refractivity contribution < 1.29 is 28.6 Å². The van der Waals surface area contributed by atoms with Gasteiger partial charge in [-0.1, -0.05) is 238 Å². The highest BCUT2D eigenvalue weighted by Crippen LogP contribution is 2.16. The molecule has 0 fully saturated rings. The summed E-state index contributed by atoms with van der Waals surface area (Å²) >= 11 is 0. The molecule has 0 saturated heterocycles. The van der Waals surface area contributed by atoms with E-state index in [1.807, 2.05) is 0 Å². The normalized spacial score (nSPS) is 12.1. The molecule has 0 N–H and O–H groups in total. The van der Waals surface area contributed by atoms with Crippen LogP contribution in [-0.4, -0.2) is 37.2 Å². The molecule has 0 aromatic rings. The molecule has 1 unspecified atom stereocenters. The number of carbonyl (C=O) groups excluding carboxylic acids is 3. The van der Waals surface area contributed by atoms with Crippen LogP contribution in [0.5, 0.6) is 0 Å². The predicted molar refractivity (Wildman–Crippen MR) is 270 cm³/mol. The van der Waals surface area contributed by atoms with Gasteiger partial charge < -0.3 is 14.2 Å². The average molecular weight is 887 g/mol. The van der Waals surface area contributed by atoms with Crippen LogP contribution in [0.3, 0.4) is 0 Å². The Labute approximate surface area is 392 Å². The maximum atomic E-state index is 12.8. The first-order valence-electron chi connectivity index (χ1n) is 27.8. The second-order valence-corrected chi connectivity index (χ2v) is 18.8. The standard InChI is InChI=1S/C57H106O6/c1-4-7-10-13-16-19-21-23-25-27-29-31-33-35-38-41-44-47-50-56(59)62-53-54(52-61-55(58)49-46-43-40-37-18-15-12-9-6-3)63-57(60)51-48-45-42-39-36-34-32-30-28-26-24-22-20-17-14-11-8-5-2/h29-32,54H,4-28,33-53H2,1-3H3/b31-29-,32-30-. The molecule has 0 aromatic heterocycles. The fraction of sp³-hybridized carbons (Fsp3) is 0.877. The second-order valence-electron chi connectivity index (χ2n) is 18.8. The third kappa shape index (κ3) is 50.7. The Morgan fingerprint density at radius 1 is 0.302 bits per heavy atom. The minimum atomic E-state index is -0.774. The number of hydrogen-bond acceptors (Lipinski definition) is 6. The van der Waals surface area contributed by atoms with Crippen LogP contribution in [0, 0.1) is 0 Å². The highest BCUT2D eigenvalue weighted by Gasteiger charge is 2.19. The molecule has 0 aromatic carbocycles. The number of esters is 3. The van der Waals surface area contributed by atoms with Gasteiger partial charge in [-0.3, -0.25) is 14.4 Å². The van der Waals surface area contributed by atoms with Crippen LogP contribution in [0.15, 0.2) is 24.3 Å². The Balaban J connectivity index is 4.28. The zero-order valence-electron chi connectivity index (χ0n) is 42.4. The van der Waals surface area contributed by atoms with Crippen molar-refractivity contribution in [2.24, 2.45) is 0 Å². The zero-order chi connectivity index (χ0) is 45.8. The molecule has 0 spiro atoms. The lowest BCUT2D eigenvalue weighted by atomic mass is 10.1. The van der Waals surface area contributed by atoms with Crippen LogP contribution in [-0.2, 0) is 28.6 Å². The molecule has 63 heavy (non-hydrogen) atoms. The summed E-state index contributed by atoms with van der Waals surface area (Å²) < 4.78 is 16.8. The van der Waals surface area contributed by atoms with E-state index in [0.29, 0.717) is 19.3 Å². The van der Waals surface area contributed by atoms with Gasteiger partial charge in [0.25, 0.3) is 0 Å². The van der Waals surface area contributed by atoms with Crippen LogP contribution in [0.25, 0.3) is 0 Å². The van der Waals surface area contributed by atoms with Crippen LogP contribution >= 0.6 is 0 Å². The van der Waals surface area contributed by atoms with Crippen LogP contribution in [0.2, 0.25) is 0 Å². The molecule has 0 aliphatic rings. The van der Waals surface area contributed by atoms with Crippen molar-refractivity contribution in [1.82, 2.24) is 0 Å². The number of ether oxygens (including phenoxy) is 3. The summed E-state index contributed by atoms with van der Waals surface area (Å²) in [5, 5.41) is 0. The average Bonchev–Trinajstić information content (AvgIpc) is 3.28. The summed E-state index contributed by atoms with van der Waals surface area (Å²) in [6.45, 7) is 6.64. The third-order valence-corrected chi connectivity index (χ3v) is 12.4. The summed E-state index contributed by atoms with van der Waals surface area (Å²) in [6, 6.07) is 0. The quantitative estimate of drug-likeness (QED) is 0.0262. The monoisotopic (exact) mass is 887 g/mol. The van der Waals surface area contributed by atoms with Crippen molar-refractivity contribution in [1.29, 1.82) is 0 Å². The van der Waals surface area contributed by atoms with Crippen molar-refractivity contribution >= 4 is 17.9 Å². The fourth-order valence-electron chi connectivity index (χ4n) is 8.20. The first-order chi connectivity index (χ1) is 31.0. The number of unbranched alkanes of at least 4 members (excludes halogenated alkanes) is 36. The highest BCUT2D eigenvalue weighted by atomic mass is 16.6. The van der Waals surface area contributed by atoms with Gasteiger partial charge in [-0.2, -0.15) is 0 Å². The number of hydrogen-bond donors (Lipinski definition) is 0. The molecule has 0 aliphatic carbocycles. The van der Waals surface area contributed by atoms with Crippen LogP contribution in [0.1, 0.15) is 303 Å². The summed E-state index contributed by atoms with van der Waals surface area (Å²) in [4.78, 5) is 38.0. The smallest absolute Gasteiger partial charge is 0.306 e. The summed E-state index contributed by atoms with van der Waals surface area (Å²) in [5.74, 6) is -0.878. The van der Waals surface area contributed by atoms with Crippen LogP contribution in [0.4, 0.5) is 0 Å². The van der Waals surface area contributed by atoms with E-state index in [0.717, 1.165) is 70.6 Å². The first-order valence-corrected chi connectivity index (χ1v) is 27.8. The Kier molecular flexibility index (Phi) is 50.8. The first kappa shape index (κ1) is 60.9. The molecule has 0 radical (unpaired) electrons. The molecule has 0 amide bonds. The van der Waals surface area contributed by atoms with E-state index in [1.165, 1.54) is 193 Å². The Morgan fingerprint density at radius 3 is 0.794 bits per heavy atom. The zero-order valence-corrected chi connectivity index (χ0v) is 42.4. The van der Waals surface area contributed by atoms with Gasteiger partial charge in [0.05, 0.1) is 0 Å². The predicted octanol–water partition coefficient (Wildman–Crippen LogP) is 18.3. The van der Waals surface area contributed by atoms with E-state index < -0.39 is 6.10 Å². The Bertz CT molecular complexity index is 1020. The van der Waals surface area contributed by atoms with Crippen molar-refractivity contribution in [3.63, 3.8) is 0 Å². The minimum Gasteiger partial charge on any atom is -0.462 e. The molecule has 0 aliphatic heterocycles. The van der Waals surface area contributed by atoms with Gasteiger partial charge in [-0.05, 0) is 70.6 Å². The lowest BCUT2D eigenvalue weighted by Crippen LogP contribution is -2.30. The maximum Gasteiger partial charge on any atom is 0.306 e. The lowest BCUT2D eigenvalue weighted by molar-refractivity contribution is -0.167. The van der Waals surface area contributed by atoms with E-state index in [9.17, 15) is 14.4 Å². The topological polar surface area (TPSA) is 78.9 Å². The molecule has 6 heteroatoms. The molecule has 0 bridgehead atoms. The van der Waals surface area contributed by atoms with Gasteiger partial charge in [0.2, 0.25) is 0 Å². The van der Waals surface area contributed by atoms with Crippen molar-refractivity contribution in [3.8, 4) is 0 Å². The van der Waals surface area contributed by atoms with Crippen molar-refractivity contribution in [2.75, 3.05) is 13.2 Å². The molecule has 0 saturated carbocycles. The van der Waals surface area contributed by atoms with E-state index >= 15 is 0 Å². The highest BCUT2D eigenvalue weighted by molar-refractivity contribution is 5.71. The number of allylic oxidation sites excluding steroid dienone is 4. The largest absolute Gasteiger partial charge is 0.462 e. The molecular weight excluding hydrogens is 781 g/mol. The summed E-state index contributed by atoms with van der Waals surface area (Å²) in [6.07, 6.45) is 60.3. The van der Waals surface area contributed by atoms with Gasteiger partial charge >= 0.3 is 17.9 Å². The van der Waals surface area contributed by atoms with Crippen LogP contribution < -0.4 is 0 Å². The molecule has 0 rings (SSSR count).